The zero-order valence-corrected chi connectivity index (χ0v) is 15.3. The number of aryl methyl sites for hydroxylation is 1. The van der Waals surface area contributed by atoms with Gasteiger partial charge in [-0.3, -0.25) is 9.69 Å². The lowest BCUT2D eigenvalue weighted by molar-refractivity contribution is -0.134. The molecule has 2 aromatic rings. The third kappa shape index (κ3) is 5.34. The number of carbonyl (C=O) groups excluding carboxylic acids is 1. The summed E-state index contributed by atoms with van der Waals surface area (Å²) < 4.78 is 13.1. The lowest BCUT2D eigenvalue weighted by Gasteiger charge is -2.30. The average Bonchev–Trinajstić information content (AvgIpc) is 3.09. The molecule has 6 nitrogen and oxygen atoms in total. The van der Waals surface area contributed by atoms with E-state index in [1.807, 2.05) is 65.2 Å². The standard InChI is InChI=1S/C20H27N3O3/c1-21-9-5-6-18(21)16-23(11-10-22-12-14-25-15-13-22)20(24)17-26-19-7-3-2-4-8-19/h2-9H,10-17H2,1H3. The summed E-state index contributed by atoms with van der Waals surface area (Å²) in [7, 11) is 2.00. The smallest absolute Gasteiger partial charge is 0.260 e. The number of hydrogen-bond donors (Lipinski definition) is 0. The van der Waals surface area contributed by atoms with Gasteiger partial charge in [-0.05, 0) is 24.3 Å². The number of carbonyl (C=O) groups is 1. The Hall–Kier alpha value is -2.31. The molecule has 0 bridgehead atoms. The lowest BCUT2D eigenvalue weighted by Crippen LogP contribution is -2.44. The van der Waals surface area contributed by atoms with Gasteiger partial charge in [-0.2, -0.15) is 0 Å². The monoisotopic (exact) mass is 357 g/mol. The molecule has 1 aliphatic rings. The topological polar surface area (TPSA) is 46.9 Å². The van der Waals surface area contributed by atoms with E-state index in [-0.39, 0.29) is 12.5 Å². The summed E-state index contributed by atoms with van der Waals surface area (Å²) in [5.41, 5.74) is 1.11. The van der Waals surface area contributed by atoms with Gasteiger partial charge in [-0.15, -0.1) is 0 Å². The molecule has 6 heteroatoms. The van der Waals surface area contributed by atoms with Crippen LogP contribution < -0.4 is 4.74 Å². The first-order chi connectivity index (χ1) is 12.7. The van der Waals surface area contributed by atoms with E-state index in [0.29, 0.717) is 18.8 Å². The Kier molecular flexibility index (Phi) is 6.68. The van der Waals surface area contributed by atoms with Crippen molar-refractivity contribution in [2.45, 2.75) is 6.54 Å². The summed E-state index contributed by atoms with van der Waals surface area (Å²) in [5.74, 6) is 0.719. The summed E-state index contributed by atoms with van der Waals surface area (Å²) in [6.07, 6.45) is 2.00. The molecule has 1 fully saturated rings. The Morgan fingerprint density at radius 1 is 1.15 bits per heavy atom. The second-order valence-corrected chi connectivity index (χ2v) is 6.48. The highest BCUT2D eigenvalue weighted by Crippen LogP contribution is 2.10. The molecule has 0 N–H and O–H groups in total. The van der Waals surface area contributed by atoms with Crippen molar-refractivity contribution in [1.29, 1.82) is 0 Å². The Morgan fingerprint density at radius 2 is 1.92 bits per heavy atom. The molecule has 0 saturated carbocycles. The second kappa shape index (κ2) is 9.40. The predicted molar refractivity (Wildman–Crippen MR) is 100 cm³/mol. The Balaban J connectivity index is 1.58. The van der Waals surface area contributed by atoms with Gasteiger partial charge in [0.05, 0.1) is 19.8 Å². The average molecular weight is 357 g/mol. The first kappa shape index (κ1) is 18.5. The van der Waals surface area contributed by atoms with Crippen molar-refractivity contribution in [2.24, 2.45) is 7.05 Å². The van der Waals surface area contributed by atoms with Crippen LogP contribution in [0, 0.1) is 0 Å². The van der Waals surface area contributed by atoms with Crippen LogP contribution in [0.3, 0.4) is 0 Å². The van der Waals surface area contributed by atoms with E-state index in [4.69, 9.17) is 9.47 Å². The van der Waals surface area contributed by atoms with Crippen LogP contribution in [0.15, 0.2) is 48.7 Å². The summed E-state index contributed by atoms with van der Waals surface area (Å²) in [6, 6.07) is 13.5. The van der Waals surface area contributed by atoms with Gasteiger partial charge < -0.3 is 18.9 Å². The molecule has 0 aliphatic carbocycles. The van der Waals surface area contributed by atoms with E-state index in [0.717, 1.165) is 38.5 Å². The molecule has 1 aromatic heterocycles. The van der Waals surface area contributed by atoms with E-state index in [1.54, 1.807) is 0 Å². The fraction of sp³-hybridized carbons (Fsp3) is 0.450. The van der Waals surface area contributed by atoms with Crippen molar-refractivity contribution in [1.82, 2.24) is 14.4 Å². The molecule has 1 amide bonds. The minimum absolute atomic E-state index is 0.00307. The summed E-state index contributed by atoms with van der Waals surface area (Å²) >= 11 is 0. The highest BCUT2D eigenvalue weighted by atomic mass is 16.5. The summed E-state index contributed by atoms with van der Waals surface area (Å²) in [4.78, 5) is 17.0. The van der Waals surface area contributed by atoms with Gasteiger partial charge in [0.25, 0.3) is 5.91 Å². The lowest BCUT2D eigenvalue weighted by atomic mass is 10.3. The number of amides is 1. The minimum Gasteiger partial charge on any atom is -0.484 e. The molecule has 1 saturated heterocycles. The largest absolute Gasteiger partial charge is 0.484 e. The van der Waals surface area contributed by atoms with Gasteiger partial charge in [-0.25, -0.2) is 0 Å². The van der Waals surface area contributed by atoms with Gasteiger partial charge >= 0.3 is 0 Å². The number of nitrogens with zero attached hydrogens (tertiary/aromatic N) is 3. The predicted octanol–water partition coefficient (Wildman–Crippen LogP) is 1.76. The number of hydrogen-bond acceptors (Lipinski definition) is 4. The SMILES string of the molecule is Cn1cccc1CN(CCN1CCOCC1)C(=O)COc1ccccc1. The van der Waals surface area contributed by atoms with Gasteiger partial charge in [0.1, 0.15) is 5.75 Å². The summed E-state index contributed by atoms with van der Waals surface area (Å²) in [5, 5.41) is 0. The molecule has 0 radical (unpaired) electrons. The van der Waals surface area contributed by atoms with Crippen LogP contribution in [0.4, 0.5) is 0 Å². The molecule has 26 heavy (non-hydrogen) atoms. The van der Waals surface area contributed by atoms with Crippen molar-refractivity contribution < 1.29 is 14.3 Å². The number of para-hydroxylation sites is 1. The molecule has 0 unspecified atom stereocenters. The van der Waals surface area contributed by atoms with E-state index < -0.39 is 0 Å². The van der Waals surface area contributed by atoms with E-state index >= 15 is 0 Å². The molecule has 140 valence electrons. The number of ether oxygens (including phenoxy) is 2. The molecule has 3 rings (SSSR count). The highest BCUT2D eigenvalue weighted by Gasteiger charge is 2.18. The third-order valence-electron chi connectivity index (χ3n) is 4.65. The number of rotatable bonds is 8. The number of benzene rings is 1. The van der Waals surface area contributed by atoms with Crippen molar-refractivity contribution >= 4 is 5.91 Å². The van der Waals surface area contributed by atoms with Gasteiger partial charge in [0.2, 0.25) is 0 Å². The zero-order valence-electron chi connectivity index (χ0n) is 15.3. The molecule has 1 aliphatic heterocycles. The third-order valence-corrected chi connectivity index (χ3v) is 4.65. The van der Waals surface area contributed by atoms with Crippen molar-refractivity contribution in [3.05, 3.63) is 54.4 Å². The Bertz CT molecular complexity index is 681. The van der Waals surface area contributed by atoms with Crippen LogP contribution in [-0.4, -0.2) is 66.3 Å². The summed E-state index contributed by atoms with van der Waals surface area (Å²) in [6.45, 7) is 5.56. The van der Waals surface area contributed by atoms with E-state index in [9.17, 15) is 4.79 Å². The second-order valence-electron chi connectivity index (χ2n) is 6.48. The van der Waals surface area contributed by atoms with Gasteiger partial charge in [-0.1, -0.05) is 18.2 Å². The van der Waals surface area contributed by atoms with Crippen LogP contribution in [-0.2, 0) is 23.1 Å². The van der Waals surface area contributed by atoms with Gasteiger partial charge in [0.15, 0.2) is 6.61 Å². The maximum absolute atomic E-state index is 12.8. The Labute approximate surface area is 154 Å². The van der Waals surface area contributed by atoms with Crippen LogP contribution >= 0.6 is 0 Å². The molecule has 0 atom stereocenters. The van der Waals surface area contributed by atoms with E-state index in [1.165, 1.54) is 0 Å². The zero-order chi connectivity index (χ0) is 18.2. The fourth-order valence-electron chi connectivity index (χ4n) is 2.99. The molecular weight excluding hydrogens is 330 g/mol. The van der Waals surface area contributed by atoms with Crippen LogP contribution in [0.2, 0.25) is 0 Å². The molecule has 1 aromatic carbocycles. The van der Waals surface area contributed by atoms with E-state index in [2.05, 4.69) is 4.90 Å². The Morgan fingerprint density at radius 3 is 2.62 bits per heavy atom. The minimum atomic E-state index is 0.00307. The first-order valence-corrected chi connectivity index (χ1v) is 9.08. The number of aromatic nitrogens is 1. The maximum atomic E-state index is 12.8. The van der Waals surface area contributed by atoms with Crippen molar-refractivity contribution in [3.63, 3.8) is 0 Å². The van der Waals surface area contributed by atoms with Crippen molar-refractivity contribution in [2.75, 3.05) is 46.0 Å². The molecule has 0 spiro atoms. The van der Waals surface area contributed by atoms with Crippen LogP contribution in [0.5, 0.6) is 5.75 Å². The fourth-order valence-corrected chi connectivity index (χ4v) is 2.99. The molecule has 2 heterocycles. The van der Waals surface area contributed by atoms with Crippen LogP contribution in [0.25, 0.3) is 0 Å². The molecular formula is C20H27N3O3. The normalized spacial score (nSPS) is 15.0. The quantitative estimate of drug-likeness (QED) is 0.722. The van der Waals surface area contributed by atoms with Gasteiger partial charge in [0, 0.05) is 45.1 Å². The first-order valence-electron chi connectivity index (χ1n) is 9.08. The maximum Gasteiger partial charge on any atom is 0.260 e. The highest BCUT2D eigenvalue weighted by molar-refractivity contribution is 5.77. The van der Waals surface area contributed by atoms with Crippen molar-refractivity contribution in [3.8, 4) is 5.75 Å². The van der Waals surface area contributed by atoms with Crippen LogP contribution in [0.1, 0.15) is 5.69 Å². The number of morpholine rings is 1.